The van der Waals surface area contributed by atoms with Crippen LogP contribution in [0.3, 0.4) is 0 Å². The Morgan fingerprint density at radius 2 is 1.90 bits per heavy atom. The van der Waals surface area contributed by atoms with Crippen molar-refractivity contribution in [3.63, 3.8) is 0 Å². The lowest BCUT2D eigenvalue weighted by Gasteiger charge is -2.02. The number of aromatic nitrogens is 4. The molecule has 0 amide bonds. The van der Waals surface area contributed by atoms with E-state index in [2.05, 4.69) is 15.0 Å². The Kier molecular flexibility index (Phi) is 2.26. The molecule has 4 rings (SSSR count). The highest BCUT2D eigenvalue weighted by Gasteiger charge is 2.08. The van der Waals surface area contributed by atoms with Crippen molar-refractivity contribution in [3.05, 3.63) is 60.8 Å². The topological polar surface area (TPSA) is 43.1 Å². The fraction of sp³-hybridized carbons (Fsp3) is 0. The van der Waals surface area contributed by atoms with E-state index in [1.165, 1.54) is 12.1 Å². The van der Waals surface area contributed by atoms with Crippen molar-refractivity contribution in [2.45, 2.75) is 0 Å². The Bertz CT molecular complexity index is 929. The summed E-state index contributed by atoms with van der Waals surface area (Å²) in [4.78, 5) is 13.1. The first-order valence-corrected chi connectivity index (χ1v) is 6.16. The maximum Gasteiger partial charge on any atom is 0.137 e. The molecule has 0 saturated heterocycles. The third-order valence-corrected chi connectivity index (χ3v) is 3.18. The third-order valence-electron chi connectivity index (χ3n) is 3.18. The second-order valence-electron chi connectivity index (χ2n) is 4.46. The number of pyridine rings is 1. The van der Waals surface area contributed by atoms with Crippen LogP contribution in [0.4, 0.5) is 4.39 Å². The molecule has 0 bridgehead atoms. The summed E-state index contributed by atoms with van der Waals surface area (Å²) in [5, 5.41) is 0. The van der Waals surface area contributed by atoms with Gasteiger partial charge in [-0.2, -0.15) is 0 Å². The minimum absolute atomic E-state index is 0.318. The van der Waals surface area contributed by atoms with Gasteiger partial charge in [-0.25, -0.2) is 14.4 Å². The lowest BCUT2D eigenvalue weighted by atomic mass is 10.2. The molecular formula is C15H9FN4. The average molecular weight is 264 g/mol. The Morgan fingerprint density at radius 3 is 2.85 bits per heavy atom. The van der Waals surface area contributed by atoms with Crippen LogP contribution in [-0.2, 0) is 0 Å². The number of benzene rings is 1. The Hall–Kier alpha value is -2.82. The highest BCUT2D eigenvalue weighted by atomic mass is 19.1. The molecule has 0 aliphatic heterocycles. The summed E-state index contributed by atoms with van der Waals surface area (Å²) in [6.07, 6.45) is 5.33. The van der Waals surface area contributed by atoms with Gasteiger partial charge in [-0.15, -0.1) is 0 Å². The van der Waals surface area contributed by atoms with Gasteiger partial charge in [0, 0.05) is 12.3 Å². The first kappa shape index (κ1) is 11.0. The number of fused-ring (bicyclic) bond motifs is 2. The number of imidazole rings is 1. The van der Waals surface area contributed by atoms with Crippen LogP contribution < -0.4 is 0 Å². The molecule has 96 valence electrons. The van der Waals surface area contributed by atoms with Crippen molar-refractivity contribution in [1.29, 1.82) is 0 Å². The van der Waals surface area contributed by atoms with Crippen LogP contribution in [0, 0.1) is 5.82 Å². The van der Waals surface area contributed by atoms with Crippen molar-refractivity contribution in [2.75, 3.05) is 0 Å². The van der Waals surface area contributed by atoms with E-state index in [9.17, 15) is 4.39 Å². The lowest BCUT2D eigenvalue weighted by molar-refractivity contribution is 0.629. The molecule has 0 aliphatic carbocycles. The quantitative estimate of drug-likeness (QED) is 0.530. The van der Waals surface area contributed by atoms with E-state index in [0.717, 1.165) is 11.3 Å². The molecule has 3 heterocycles. The molecule has 0 atom stereocenters. The number of nitrogens with zero attached hydrogens (tertiary/aromatic N) is 4. The summed E-state index contributed by atoms with van der Waals surface area (Å²) in [5.74, 6) is -0.318. The van der Waals surface area contributed by atoms with Gasteiger partial charge in [0.15, 0.2) is 0 Å². The van der Waals surface area contributed by atoms with E-state index in [1.807, 2.05) is 28.8 Å². The SMILES string of the molecule is Fc1ccc2ncc(-c3cnc4ccccn34)nc2c1. The van der Waals surface area contributed by atoms with Gasteiger partial charge in [0.25, 0.3) is 0 Å². The van der Waals surface area contributed by atoms with E-state index in [0.29, 0.717) is 16.7 Å². The van der Waals surface area contributed by atoms with Crippen molar-refractivity contribution < 1.29 is 4.39 Å². The molecule has 0 spiro atoms. The van der Waals surface area contributed by atoms with Crippen LogP contribution in [0.15, 0.2) is 55.0 Å². The number of halogens is 1. The number of rotatable bonds is 1. The van der Waals surface area contributed by atoms with Gasteiger partial charge in [0.1, 0.15) is 17.2 Å². The second-order valence-corrected chi connectivity index (χ2v) is 4.46. The Balaban J connectivity index is 1.97. The van der Waals surface area contributed by atoms with Gasteiger partial charge in [-0.3, -0.25) is 9.38 Å². The molecular weight excluding hydrogens is 255 g/mol. The molecule has 4 aromatic rings. The monoisotopic (exact) mass is 264 g/mol. The summed E-state index contributed by atoms with van der Waals surface area (Å²) in [6, 6.07) is 10.1. The fourth-order valence-electron chi connectivity index (χ4n) is 2.23. The van der Waals surface area contributed by atoms with Crippen molar-refractivity contribution in [2.24, 2.45) is 0 Å². The summed E-state index contributed by atoms with van der Waals surface area (Å²) >= 11 is 0. The van der Waals surface area contributed by atoms with Crippen LogP contribution >= 0.6 is 0 Å². The van der Waals surface area contributed by atoms with Crippen LogP contribution in [0.1, 0.15) is 0 Å². The summed E-state index contributed by atoms with van der Waals surface area (Å²) in [6.45, 7) is 0. The van der Waals surface area contributed by atoms with Gasteiger partial charge < -0.3 is 0 Å². The highest BCUT2D eigenvalue weighted by Crippen LogP contribution is 2.20. The largest absolute Gasteiger partial charge is 0.298 e. The van der Waals surface area contributed by atoms with Crippen LogP contribution in [0.2, 0.25) is 0 Å². The smallest absolute Gasteiger partial charge is 0.137 e. The van der Waals surface area contributed by atoms with E-state index in [1.54, 1.807) is 18.5 Å². The van der Waals surface area contributed by atoms with Crippen molar-refractivity contribution in [1.82, 2.24) is 19.4 Å². The van der Waals surface area contributed by atoms with Crippen LogP contribution in [0.25, 0.3) is 28.1 Å². The van der Waals surface area contributed by atoms with E-state index >= 15 is 0 Å². The summed E-state index contributed by atoms with van der Waals surface area (Å²) in [7, 11) is 0. The van der Waals surface area contributed by atoms with Crippen molar-refractivity contribution >= 4 is 16.7 Å². The molecule has 4 nitrogen and oxygen atoms in total. The number of hydrogen-bond acceptors (Lipinski definition) is 3. The summed E-state index contributed by atoms with van der Waals surface area (Å²) < 4.78 is 15.2. The predicted octanol–water partition coefficient (Wildman–Crippen LogP) is 3.08. The fourth-order valence-corrected chi connectivity index (χ4v) is 2.23. The minimum Gasteiger partial charge on any atom is -0.298 e. The van der Waals surface area contributed by atoms with Gasteiger partial charge in [0.05, 0.1) is 29.1 Å². The van der Waals surface area contributed by atoms with E-state index in [-0.39, 0.29) is 5.82 Å². The molecule has 5 heteroatoms. The standard InChI is InChI=1S/C15H9FN4/c16-10-4-5-11-12(7-10)19-13(8-17-11)14-9-18-15-3-1-2-6-20(14)15/h1-9H. The zero-order chi connectivity index (χ0) is 13.5. The van der Waals surface area contributed by atoms with Crippen molar-refractivity contribution in [3.8, 4) is 11.4 Å². The highest BCUT2D eigenvalue weighted by molar-refractivity contribution is 5.76. The van der Waals surface area contributed by atoms with Gasteiger partial charge in [0.2, 0.25) is 0 Å². The number of hydrogen-bond donors (Lipinski definition) is 0. The normalized spacial score (nSPS) is 11.2. The first-order valence-electron chi connectivity index (χ1n) is 6.16. The first-order chi connectivity index (χ1) is 9.81. The molecule has 0 unspecified atom stereocenters. The molecule has 0 N–H and O–H groups in total. The molecule has 0 radical (unpaired) electrons. The molecule has 1 aromatic carbocycles. The third kappa shape index (κ3) is 1.64. The van der Waals surface area contributed by atoms with E-state index in [4.69, 9.17) is 0 Å². The molecule has 20 heavy (non-hydrogen) atoms. The molecule has 0 fully saturated rings. The minimum atomic E-state index is -0.318. The maximum absolute atomic E-state index is 13.3. The lowest BCUT2D eigenvalue weighted by Crippen LogP contribution is -1.92. The van der Waals surface area contributed by atoms with Gasteiger partial charge in [-0.05, 0) is 24.3 Å². The zero-order valence-electron chi connectivity index (χ0n) is 10.4. The molecule has 0 aliphatic rings. The zero-order valence-corrected chi connectivity index (χ0v) is 10.4. The summed E-state index contributed by atoms with van der Waals surface area (Å²) in [5.41, 5.74) is 3.54. The van der Waals surface area contributed by atoms with Gasteiger partial charge >= 0.3 is 0 Å². The maximum atomic E-state index is 13.3. The van der Waals surface area contributed by atoms with Crippen LogP contribution in [-0.4, -0.2) is 19.4 Å². The Morgan fingerprint density at radius 1 is 0.950 bits per heavy atom. The molecule has 3 aromatic heterocycles. The van der Waals surface area contributed by atoms with Gasteiger partial charge in [-0.1, -0.05) is 6.07 Å². The van der Waals surface area contributed by atoms with Crippen LogP contribution in [0.5, 0.6) is 0 Å². The molecule has 0 saturated carbocycles. The predicted molar refractivity (Wildman–Crippen MR) is 73.7 cm³/mol. The Labute approximate surface area is 113 Å². The second kappa shape index (κ2) is 4.09. The van der Waals surface area contributed by atoms with E-state index < -0.39 is 0 Å². The average Bonchev–Trinajstić information content (AvgIpc) is 2.90.